The fourth-order valence-corrected chi connectivity index (χ4v) is 3.40. The zero-order valence-corrected chi connectivity index (χ0v) is 17.0. The van der Waals surface area contributed by atoms with E-state index in [0.29, 0.717) is 0 Å². The van der Waals surface area contributed by atoms with Crippen molar-refractivity contribution in [3.05, 3.63) is 41.2 Å². The highest BCUT2D eigenvalue weighted by atomic mass is 16.7. The van der Waals surface area contributed by atoms with Crippen LogP contribution in [0.1, 0.15) is 32.3 Å². The Balaban J connectivity index is 1.82. The van der Waals surface area contributed by atoms with Crippen molar-refractivity contribution in [2.45, 2.75) is 32.9 Å². The van der Waals surface area contributed by atoms with Gasteiger partial charge in [0, 0.05) is 12.7 Å². The summed E-state index contributed by atoms with van der Waals surface area (Å²) in [6.07, 6.45) is 7.03. The first-order chi connectivity index (χ1) is 14.1. The number of ether oxygens (including phenoxy) is 1. The minimum Gasteiger partial charge on any atom is -0.495 e. The van der Waals surface area contributed by atoms with Crippen LogP contribution in [-0.2, 0) is 4.84 Å². The van der Waals surface area contributed by atoms with Crippen molar-refractivity contribution < 1.29 is 14.8 Å². The Hall–Kier alpha value is -3.29. The predicted octanol–water partition coefficient (Wildman–Crippen LogP) is 3.91. The first kappa shape index (κ1) is 20.4. The van der Waals surface area contributed by atoms with Crippen LogP contribution in [0, 0.1) is 5.92 Å². The van der Waals surface area contributed by atoms with Crippen LogP contribution in [-0.4, -0.2) is 48.8 Å². The van der Waals surface area contributed by atoms with Gasteiger partial charge in [0.2, 0.25) is 6.23 Å². The van der Waals surface area contributed by atoms with Crippen LogP contribution in [0.25, 0.3) is 6.08 Å². The molecule has 2 atom stereocenters. The molecule has 1 fully saturated rings. The number of nitrogens with zero attached hydrogens (tertiary/aromatic N) is 4. The number of oxime groups is 2. The van der Waals surface area contributed by atoms with E-state index >= 15 is 0 Å². The third-order valence-corrected chi connectivity index (χ3v) is 4.96. The van der Waals surface area contributed by atoms with Crippen molar-refractivity contribution in [2.75, 3.05) is 19.0 Å². The second-order valence-corrected chi connectivity index (χ2v) is 7.05. The Morgan fingerprint density at radius 3 is 3.07 bits per heavy atom. The number of hydrogen-bond acceptors (Lipinski definition) is 8. The Morgan fingerprint density at radius 1 is 1.52 bits per heavy atom. The van der Waals surface area contributed by atoms with Crippen LogP contribution >= 0.6 is 0 Å². The Kier molecular flexibility index (Phi) is 6.54. The van der Waals surface area contributed by atoms with E-state index < -0.39 is 0 Å². The van der Waals surface area contributed by atoms with Gasteiger partial charge in [0.15, 0.2) is 5.84 Å². The first-order valence-corrected chi connectivity index (χ1v) is 9.54. The van der Waals surface area contributed by atoms with E-state index in [9.17, 15) is 0 Å². The lowest BCUT2D eigenvalue weighted by molar-refractivity contribution is -0.00941. The van der Waals surface area contributed by atoms with Gasteiger partial charge in [-0.3, -0.25) is 4.99 Å². The van der Waals surface area contributed by atoms with E-state index in [1.54, 1.807) is 13.3 Å². The average Bonchev–Trinajstić information content (AvgIpc) is 3.18. The third kappa shape index (κ3) is 4.59. The Morgan fingerprint density at radius 2 is 2.34 bits per heavy atom. The van der Waals surface area contributed by atoms with Crippen LogP contribution in [0.3, 0.4) is 0 Å². The molecular formula is C21H27N5O3. The van der Waals surface area contributed by atoms with Crippen molar-refractivity contribution in [1.82, 2.24) is 4.90 Å². The fourth-order valence-electron chi connectivity index (χ4n) is 3.40. The highest BCUT2D eigenvalue weighted by Crippen LogP contribution is 2.32. The van der Waals surface area contributed by atoms with Crippen molar-refractivity contribution in [2.24, 2.45) is 21.2 Å². The minimum absolute atomic E-state index is 0.0763. The minimum atomic E-state index is -0.251. The molecule has 0 aliphatic carbocycles. The van der Waals surface area contributed by atoms with Crippen LogP contribution in [0.5, 0.6) is 5.75 Å². The zero-order chi connectivity index (χ0) is 20.8. The number of fused-ring (bicyclic) bond motifs is 1. The summed E-state index contributed by atoms with van der Waals surface area (Å²) >= 11 is 0. The van der Waals surface area contributed by atoms with Gasteiger partial charge in [-0.15, -0.1) is 5.16 Å². The molecular weight excluding hydrogens is 370 g/mol. The van der Waals surface area contributed by atoms with Crippen molar-refractivity contribution in [3.63, 3.8) is 0 Å². The van der Waals surface area contributed by atoms with Crippen molar-refractivity contribution in [1.29, 1.82) is 0 Å². The topological polar surface area (TPSA) is 91.0 Å². The Labute approximate surface area is 170 Å². The fraction of sp³-hybridized carbons (Fsp3) is 0.381. The molecule has 8 heteroatoms. The van der Waals surface area contributed by atoms with Crippen molar-refractivity contribution >= 4 is 30.5 Å². The summed E-state index contributed by atoms with van der Waals surface area (Å²) in [5.41, 5.74) is 3.76. The molecule has 2 aliphatic rings. The molecule has 8 nitrogen and oxygen atoms in total. The number of methoxy groups -OCH3 is 1. The molecule has 0 radical (unpaired) electrons. The second-order valence-electron chi connectivity index (χ2n) is 7.05. The summed E-state index contributed by atoms with van der Waals surface area (Å²) < 4.78 is 5.53. The second kappa shape index (κ2) is 9.27. The summed E-state index contributed by atoms with van der Waals surface area (Å²) in [4.78, 5) is 11.6. The number of amidine groups is 1. The molecule has 0 aromatic heterocycles. The maximum Gasteiger partial charge on any atom is 0.209 e. The van der Waals surface area contributed by atoms with Crippen LogP contribution < -0.4 is 10.1 Å². The van der Waals surface area contributed by atoms with Gasteiger partial charge in [-0.1, -0.05) is 18.1 Å². The molecule has 2 heterocycles. The summed E-state index contributed by atoms with van der Waals surface area (Å²) in [5.74, 6) is 1.50. The van der Waals surface area contributed by atoms with Gasteiger partial charge in [-0.05, 0) is 55.8 Å². The van der Waals surface area contributed by atoms with E-state index in [1.165, 1.54) is 6.21 Å². The molecule has 0 spiro atoms. The lowest BCUT2D eigenvalue weighted by Crippen LogP contribution is -2.44. The number of piperidine rings is 1. The molecule has 3 rings (SSSR count). The molecule has 1 aromatic carbocycles. The molecule has 2 N–H and O–H groups in total. The summed E-state index contributed by atoms with van der Waals surface area (Å²) in [6.45, 7) is 8.17. The lowest BCUT2D eigenvalue weighted by Gasteiger charge is -2.31. The highest BCUT2D eigenvalue weighted by Gasteiger charge is 2.37. The molecule has 154 valence electrons. The smallest absolute Gasteiger partial charge is 0.209 e. The SMILES string of the molecule is C=N/C(C)=C\Nc1ccc(/C=C2\CCCN3C2=NOC3[C@@H](C)/C=N/O)cc1OC. The molecule has 0 saturated carbocycles. The van der Waals surface area contributed by atoms with Gasteiger partial charge in [-0.2, -0.15) is 0 Å². The third-order valence-electron chi connectivity index (χ3n) is 4.96. The quantitative estimate of drug-likeness (QED) is 0.413. The van der Waals surface area contributed by atoms with Crippen LogP contribution in [0.2, 0.25) is 0 Å². The number of aliphatic imine (C=N–C) groups is 1. The zero-order valence-electron chi connectivity index (χ0n) is 17.0. The predicted molar refractivity (Wildman–Crippen MR) is 116 cm³/mol. The summed E-state index contributed by atoms with van der Waals surface area (Å²) in [5, 5.41) is 19.4. The molecule has 2 aliphatic heterocycles. The normalized spacial score (nSPS) is 21.6. The van der Waals surface area contributed by atoms with E-state index in [0.717, 1.165) is 53.5 Å². The van der Waals surface area contributed by atoms with Crippen LogP contribution in [0.15, 0.2) is 51.0 Å². The number of hydrogen-bond donors (Lipinski definition) is 2. The Bertz CT molecular complexity index is 875. The maximum absolute atomic E-state index is 8.81. The van der Waals surface area contributed by atoms with E-state index in [1.807, 2.05) is 32.0 Å². The van der Waals surface area contributed by atoms with Gasteiger partial charge >= 0.3 is 0 Å². The monoisotopic (exact) mass is 397 g/mol. The summed E-state index contributed by atoms with van der Waals surface area (Å²) in [6, 6.07) is 5.97. The van der Waals surface area contributed by atoms with Gasteiger partial charge in [0.1, 0.15) is 5.75 Å². The number of anilines is 1. The number of benzene rings is 1. The van der Waals surface area contributed by atoms with E-state index in [-0.39, 0.29) is 12.1 Å². The highest BCUT2D eigenvalue weighted by molar-refractivity contribution is 6.03. The molecule has 0 amide bonds. The van der Waals surface area contributed by atoms with E-state index in [4.69, 9.17) is 14.8 Å². The lowest BCUT2D eigenvalue weighted by atomic mass is 9.98. The molecule has 1 unspecified atom stereocenters. The van der Waals surface area contributed by atoms with E-state index in [2.05, 4.69) is 38.3 Å². The first-order valence-electron chi connectivity index (χ1n) is 9.54. The van der Waals surface area contributed by atoms with Gasteiger partial charge in [-0.25, -0.2) is 0 Å². The molecule has 0 bridgehead atoms. The molecule has 1 aromatic rings. The van der Waals surface area contributed by atoms with Gasteiger partial charge in [0.25, 0.3) is 0 Å². The van der Waals surface area contributed by atoms with Gasteiger partial charge in [0.05, 0.1) is 30.6 Å². The average molecular weight is 397 g/mol. The largest absolute Gasteiger partial charge is 0.495 e. The standard InChI is InChI=1S/C21H27N5O3/c1-14(12-24-27)21-26-9-5-6-17(20(26)25-29-21)10-16-7-8-18(19(11-16)28-4)23-13-15(2)22-3/h7-8,10-14,21,23,27H,3,5-6,9H2,1-2,4H3/b15-13-,17-10+,24-12+/t14-,21?/m0/s1. The number of rotatable bonds is 7. The van der Waals surface area contributed by atoms with Crippen LogP contribution in [0.4, 0.5) is 5.69 Å². The van der Waals surface area contributed by atoms with Crippen molar-refractivity contribution in [3.8, 4) is 5.75 Å². The molecule has 1 saturated heterocycles. The summed E-state index contributed by atoms with van der Waals surface area (Å²) in [7, 11) is 1.64. The number of nitrogens with one attached hydrogen (secondary N) is 1. The number of allylic oxidation sites excluding steroid dienone is 1. The van der Waals surface area contributed by atoms with Gasteiger partial charge < -0.3 is 25.0 Å². The maximum atomic E-state index is 8.81. The molecule has 29 heavy (non-hydrogen) atoms.